The summed E-state index contributed by atoms with van der Waals surface area (Å²) < 4.78 is 40.6. The van der Waals surface area contributed by atoms with Gasteiger partial charge in [0.2, 0.25) is 5.88 Å². The average Bonchev–Trinajstić information content (AvgIpc) is 2.25. The molecule has 1 rings (SSSR count). The second-order valence-corrected chi connectivity index (χ2v) is 3.03. The minimum atomic E-state index is -4.62. The summed E-state index contributed by atoms with van der Waals surface area (Å²) in [5, 5.41) is 11.1. The van der Waals surface area contributed by atoms with Gasteiger partial charge in [0.1, 0.15) is 0 Å². The molecule has 0 radical (unpaired) electrons. The van der Waals surface area contributed by atoms with Gasteiger partial charge in [-0.1, -0.05) is 0 Å². The molecule has 0 aliphatic carbocycles. The number of anilines is 1. The van der Waals surface area contributed by atoms with E-state index in [9.17, 15) is 13.2 Å². The summed E-state index contributed by atoms with van der Waals surface area (Å²) in [4.78, 5) is 3.79. The molecule has 0 spiro atoms. The van der Waals surface area contributed by atoms with Crippen molar-refractivity contribution in [3.63, 3.8) is 0 Å². The zero-order valence-electron chi connectivity index (χ0n) is 8.45. The Morgan fingerprint density at radius 2 is 2.19 bits per heavy atom. The van der Waals surface area contributed by atoms with Crippen LogP contribution in [-0.2, 0) is 0 Å². The van der Waals surface area contributed by atoms with Crippen LogP contribution in [0.1, 0.15) is 0 Å². The van der Waals surface area contributed by atoms with Crippen molar-refractivity contribution >= 4 is 5.69 Å². The van der Waals surface area contributed by atoms with Crippen molar-refractivity contribution in [1.82, 2.24) is 4.98 Å². The maximum absolute atomic E-state index is 11.9. The van der Waals surface area contributed by atoms with E-state index in [1.807, 2.05) is 0 Å². The van der Waals surface area contributed by atoms with Crippen molar-refractivity contribution in [3.8, 4) is 5.88 Å². The fraction of sp³-hybridized carbons (Fsp3) is 0.444. The number of aliphatic hydroxyl groups excluding tert-OH is 1. The number of aromatic nitrogens is 1. The smallest absolute Gasteiger partial charge is 0.416 e. The van der Waals surface area contributed by atoms with Gasteiger partial charge in [-0.2, -0.15) is 13.2 Å². The molecule has 90 valence electrons. The summed E-state index contributed by atoms with van der Waals surface area (Å²) >= 11 is 0. The van der Waals surface area contributed by atoms with Gasteiger partial charge >= 0.3 is 6.18 Å². The third-order valence-corrected chi connectivity index (χ3v) is 1.82. The normalized spacial score (nSPS) is 13.3. The van der Waals surface area contributed by atoms with Gasteiger partial charge in [-0.05, 0) is 6.07 Å². The van der Waals surface area contributed by atoms with Gasteiger partial charge in [-0.3, -0.25) is 0 Å². The van der Waals surface area contributed by atoms with Crippen LogP contribution in [0.3, 0.4) is 0 Å². The van der Waals surface area contributed by atoms with Crippen LogP contribution in [0.2, 0.25) is 0 Å². The Balaban J connectivity index is 2.48. The van der Waals surface area contributed by atoms with Crippen LogP contribution < -0.4 is 10.1 Å². The number of pyridine rings is 1. The molecule has 1 heterocycles. The van der Waals surface area contributed by atoms with Crippen LogP contribution in [-0.4, -0.2) is 36.0 Å². The fourth-order valence-electron chi connectivity index (χ4n) is 0.936. The highest BCUT2D eigenvalue weighted by molar-refractivity contribution is 5.42. The lowest BCUT2D eigenvalue weighted by molar-refractivity contribution is -0.198. The van der Waals surface area contributed by atoms with Gasteiger partial charge in [-0.15, -0.1) is 0 Å². The van der Waals surface area contributed by atoms with Gasteiger partial charge in [0.05, 0.1) is 19.0 Å². The standard InChI is InChI=1S/C9H11F3N2O2/c1-16-8-3-2-6(4-14-8)13-5-7(15)9(10,11)12/h2-4,7,13,15H,5H2,1H3. The molecule has 0 fully saturated rings. The van der Waals surface area contributed by atoms with Crippen molar-refractivity contribution in [1.29, 1.82) is 0 Å². The molecule has 2 N–H and O–H groups in total. The lowest BCUT2D eigenvalue weighted by atomic mass is 10.3. The maximum atomic E-state index is 11.9. The van der Waals surface area contributed by atoms with Crippen molar-refractivity contribution in [2.75, 3.05) is 19.0 Å². The summed E-state index contributed by atoms with van der Waals surface area (Å²) in [7, 11) is 1.43. The van der Waals surface area contributed by atoms with Gasteiger partial charge in [0, 0.05) is 12.6 Å². The Kier molecular flexibility index (Phi) is 3.94. The molecule has 1 aromatic heterocycles. The van der Waals surface area contributed by atoms with E-state index in [0.29, 0.717) is 11.6 Å². The van der Waals surface area contributed by atoms with Crippen molar-refractivity contribution < 1.29 is 23.0 Å². The number of nitrogens with zero attached hydrogens (tertiary/aromatic N) is 1. The minimum absolute atomic E-state index is 0.363. The van der Waals surface area contributed by atoms with Gasteiger partial charge < -0.3 is 15.2 Å². The highest BCUT2D eigenvalue weighted by atomic mass is 19.4. The van der Waals surface area contributed by atoms with E-state index in [-0.39, 0.29) is 0 Å². The molecule has 0 aliphatic heterocycles. The molecule has 0 saturated heterocycles. The van der Waals surface area contributed by atoms with Crippen LogP contribution in [0.5, 0.6) is 5.88 Å². The number of methoxy groups -OCH3 is 1. The molecule has 4 nitrogen and oxygen atoms in total. The molecule has 0 aromatic carbocycles. The number of alkyl halides is 3. The molecule has 0 aliphatic rings. The molecule has 1 aromatic rings. The van der Waals surface area contributed by atoms with Gasteiger partial charge in [0.25, 0.3) is 0 Å². The SMILES string of the molecule is COc1ccc(NCC(O)C(F)(F)F)cn1. The van der Waals surface area contributed by atoms with Crippen LogP contribution in [0.4, 0.5) is 18.9 Å². The Hall–Kier alpha value is -1.50. The molecule has 1 atom stereocenters. The Labute approximate surface area is 90.1 Å². The van der Waals surface area contributed by atoms with Crippen molar-refractivity contribution in [2.24, 2.45) is 0 Å². The number of halogens is 3. The van der Waals surface area contributed by atoms with Gasteiger partial charge in [-0.25, -0.2) is 4.98 Å². The van der Waals surface area contributed by atoms with E-state index >= 15 is 0 Å². The van der Waals surface area contributed by atoms with Crippen molar-refractivity contribution in [2.45, 2.75) is 12.3 Å². The Morgan fingerprint density at radius 3 is 2.62 bits per heavy atom. The summed E-state index contributed by atoms with van der Waals surface area (Å²) in [6, 6.07) is 3.01. The largest absolute Gasteiger partial charge is 0.481 e. The molecule has 1 unspecified atom stereocenters. The molecule has 0 bridgehead atoms. The van der Waals surface area contributed by atoms with Crippen LogP contribution in [0.15, 0.2) is 18.3 Å². The molecular formula is C9H11F3N2O2. The van der Waals surface area contributed by atoms with E-state index in [4.69, 9.17) is 9.84 Å². The number of hydrogen-bond donors (Lipinski definition) is 2. The van der Waals surface area contributed by atoms with Crippen molar-refractivity contribution in [3.05, 3.63) is 18.3 Å². The highest BCUT2D eigenvalue weighted by Gasteiger charge is 2.37. The number of aliphatic hydroxyl groups is 1. The predicted molar refractivity (Wildman–Crippen MR) is 51.3 cm³/mol. The van der Waals surface area contributed by atoms with E-state index < -0.39 is 18.8 Å². The molecule has 7 heteroatoms. The van der Waals surface area contributed by atoms with Crippen LogP contribution in [0.25, 0.3) is 0 Å². The topological polar surface area (TPSA) is 54.4 Å². The zero-order valence-corrected chi connectivity index (χ0v) is 8.45. The molecular weight excluding hydrogens is 225 g/mol. The maximum Gasteiger partial charge on any atom is 0.416 e. The van der Waals surface area contributed by atoms with E-state index in [0.717, 1.165) is 0 Å². The van der Waals surface area contributed by atoms with Crippen LogP contribution in [0, 0.1) is 0 Å². The molecule has 0 saturated carbocycles. The molecule has 0 amide bonds. The lowest BCUT2D eigenvalue weighted by Gasteiger charge is -2.15. The first-order chi connectivity index (χ1) is 7.43. The molecule has 16 heavy (non-hydrogen) atoms. The first kappa shape index (κ1) is 12.6. The summed E-state index contributed by atoms with van der Waals surface area (Å²) in [5.74, 6) is 0.363. The third kappa shape index (κ3) is 3.58. The number of nitrogens with one attached hydrogen (secondary N) is 1. The summed E-state index contributed by atoms with van der Waals surface area (Å²) in [6.07, 6.45) is -5.69. The quantitative estimate of drug-likeness (QED) is 0.830. The minimum Gasteiger partial charge on any atom is -0.481 e. The fourth-order valence-corrected chi connectivity index (χ4v) is 0.936. The first-order valence-corrected chi connectivity index (χ1v) is 4.42. The second-order valence-electron chi connectivity index (χ2n) is 3.03. The Bertz CT molecular complexity index is 327. The average molecular weight is 236 g/mol. The van der Waals surface area contributed by atoms with E-state index in [2.05, 4.69) is 10.3 Å². The lowest BCUT2D eigenvalue weighted by Crippen LogP contribution is -2.35. The number of ether oxygens (including phenoxy) is 1. The van der Waals surface area contributed by atoms with E-state index in [1.54, 1.807) is 0 Å². The predicted octanol–water partition coefficient (Wildman–Crippen LogP) is 1.43. The van der Waals surface area contributed by atoms with Gasteiger partial charge in [0.15, 0.2) is 6.10 Å². The summed E-state index contributed by atoms with van der Waals surface area (Å²) in [5.41, 5.74) is 0.379. The van der Waals surface area contributed by atoms with Crippen LogP contribution >= 0.6 is 0 Å². The number of hydrogen-bond acceptors (Lipinski definition) is 4. The highest BCUT2D eigenvalue weighted by Crippen LogP contribution is 2.20. The second kappa shape index (κ2) is 5.02. The van der Waals surface area contributed by atoms with E-state index in [1.165, 1.54) is 25.4 Å². The third-order valence-electron chi connectivity index (χ3n) is 1.82. The number of rotatable bonds is 4. The Morgan fingerprint density at radius 1 is 1.50 bits per heavy atom. The monoisotopic (exact) mass is 236 g/mol. The zero-order chi connectivity index (χ0) is 12.2. The first-order valence-electron chi connectivity index (χ1n) is 4.42. The summed E-state index contributed by atoms with van der Waals surface area (Å²) in [6.45, 7) is -0.614.